The molecule has 0 spiro atoms. The van der Waals surface area contributed by atoms with Crippen molar-refractivity contribution in [3.05, 3.63) is 212 Å². The molecule has 12 aromatic rings. The number of hydrogen-bond donors (Lipinski definition) is 0. The molecule has 0 saturated carbocycles. The minimum absolute atomic E-state index is 0.387. The molecule has 0 N–H and O–H groups in total. The Labute approximate surface area is 374 Å². The van der Waals surface area contributed by atoms with Gasteiger partial charge in [0.15, 0.2) is 0 Å². The molecule has 0 amide bonds. The highest BCUT2D eigenvalue weighted by atomic mass is 15.1. The van der Waals surface area contributed by atoms with E-state index in [2.05, 4.69) is 0 Å². The van der Waals surface area contributed by atoms with Gasteiger partial charge in [0.1, 0.15) is 0 Å². The topological polar surface area (TPSA) is 14.8 Å². The van der Waals surface area contributed by atoms with E-state index < -0.39 is 287 Å². The van der Waals surface area contributed by atoms with Crippen LogP contribution in [0.5, 0.6) is 0 Å². The molecule has 0 unspecified atom stereocenters. The van der Waals surface area contributed by atoms with Crippen LogP contribution in [0, 0.1) is 0 Å². The van der Waals surface area contributed by atoms with E-state index in [1.807, 2.05) is 0 Å². The van der Waals surface area contributed by atoms with Crippen LogP contribution in [0.4, 0.5) is 0 Å². The Bertz CT molecular complexity index is 5180. The maximum atomic E-state index is 10.1. The smallest absolute Gasteiger partial charge is 0.0783 e. The zero-order valence-electron chi connectivity index (χ0n) is 60.6. The Morgan fingerprint density at radius 2 is 0.614 bits per heavy atom. The van der Waals surface area contributed by atoms with Crippen molar-refractivity contribution in [2.75, 3.05) is 0 Å². The van der Waals surface area contributed by atoms with Crippen molar-refractivity contribution in [1.82, 2.24) is 13.7 Å². The molecule has 3 nitrogen and oxygen atoms in total. The molecule has 0 aliphatic heterocycles. The summed E-state index contributed by atoms with van der Waals surface area (Å²) in [7, 11) is 0. The maximum Gasteiger partial charge on any atom is 0.0783 e. The molecule has 266 valence electrons. The molecule has 57 heavy (non-hydrogen) atoms. The van der Waals surface area contributed by atoms with Gasteiger partial charge in [-0.25, -0.2) is 0 Å². The van der Waals surface area contributed by atoms with Gasteiger partial charge < -0.3 is 13.7 Å². The summed E-state index contributed by atoms with van der Waals surface area (Å²) in [4.78, 5) is 0. The van der Waals surface area contributed by atoms with Gasteiger partial charge in [0.25, 0.3) is 0 Å². The van der Waals surface area contributed by atoms with E-state index in [1.54, 1.807) is 0 Å². The predicted molar refractivity (Wildman–Crippen MR) is 240 cm³/mol. The first-order valence-corrected chi connectivity index (χ1v) is 17.0. The SMILES string of the molecule is [2H]c1c([2H])c([2H])c(-c2cc(-c3c([2H])c([2H])c([2H])c([2H])c3[2H])cc(-n3c4c([2H])c([2H])c([2H])c([2H])c4c4c([2H])c([2H])c([2H])c(-n5c6c([2H])c([2H])c([2H])c([2H])c6c6c([2H])c([2H])c([2H])c(-n7c8c([2H])c([2H])c([2H])c([2H])c8c8c([2H])c([2H])c([2H])c([2H])c87)c65)c43)c2)c([2H])c1[2H]. The number of aromatic nitrogens is 3. The standard InChI is InChI=1S/C54H35N3/c1-3-17-36(18-4-1)38-33-39(37-19-5-2-6-20-37)35-40(34-38)55-47-27-11-9-23-43(47)45-25-16-32-52(53(45)55)57-50-30-14-10-24-44(50)46-26-15-31-51(54(46)57)56-48-28-12-7-21-41(48)42-22-8-13-29-49(42)56/h1-35H/i1D,2D,3D,4D,5D,6D,7D,8D,9D,10D,11D,12D,13D,14D,15D,16D,17D,18D,19D,20D,21D,22D,23D,24D,25D,26D,27D,28D,29D,30D,31D,32D. The van der Waals surface area contributed by atoms with E-state index in [4.69, 9.17) is 24.7 Å². The summed E-state index contributed by atoms with van der Waals surface area (Å²) in [6.45, 7) is 0. The second-order valence-corrected chi connectivity index (χ2v) is 12.6. The van der Waals surface area contributed by atoms with Crippen molar-refractivity contribution < 1.29 is 43.9 Å². The number of fused-ring (bicyclic) bond motifs is 9. The van der Waals surface area contributed by atoms with E-state index in [0.29, 0.717) is 0 Å². The van der Waals surface area contributed by atoms with Gasteiger partial charge >= 0.3 is 0 Å². The average Bonchev–Trinajstić information content (AvgIpc) is 1.53. The summed E-state index contributed by atoms with van der Waals surface area (Å²) in [6, 6.07) is -26.5. The second kappa shape index (κ2) is 12.5. The lowest BCUT2D eigenvalue weighted by Gasteiger charge is -2.18. The van der Waals surface area contributed by atoms with Crippen LogP contribution in [0.3, 0.4) is 0 Å². The van der Waals surface area contributed by atoms with Gasteiger partial charge in [0, 0.05) is 38.0 Å². The van der Waals surface area contributed by atoms with Crippen molar-refractivity contribution >= 4 is 65.4 Å². The molecule has 3 aromatic heterocycles. The van der Waals surface area contributed by atoms with Crippen LogP contribution < -0.4 is 0 Å². The van der Waals surface area contributed by atoms with Gasteiger partial charge in [0.05, 0.1) is 88.3 Å². The fourth-order valence-electron chi connectivity index (χ4n) is 7.38. The Morgan fingerprint density at radius 3 is 1.11 bits per heavy atom. The highest BCUT2D eigenvalue weighted by molar-refractivity contribution is 6.17. The van der Waals surface area contributed by atoms with Crippen LogP contribution in [0.15, 0.2) is 212 Å². The molecular weight excluding hydrogens is 691 g/mol. The van der Waals surface area contributed by atoms with Crippen LogP contribution in [0.2, 0.25) is 0 Å². The van der Waals surface area contributed by atoms with Crippen molar-refractivity contribution in [3.8, 4) is 39.3 Å². The minimum atomic E-state index is -1.11. The summed E-state index contributed by atoms with van der Waals surface area (Å²) < 4.78 is 296. The molecule has 0 radical (unpaired) electrons. The summed E-state index contributed by atoms with van der Waals surface area (Å²) in [5, 5.41) is -3.72. The van der Waals surface area contributed by atoms with Gasteiger partial charge in [-0.1, -0.05) is 157 Å². The third-order valence-corrected chi connectivity index (χ3v) is 9.62. The zero-order chi connectivity index (χ0) is 65.3. The van der Waals surface area contributed by atoms with Gasteiger partial charge in [-0.3, -0.25) is 0 Å². The van der Waals surface area contributed by atoms with E-state index in [-0.39, 0.29) is 11.1 Å². The monoisotopic (exact) mass is 757 g/mol. The fraction of sp³-hybridized carbons (Fsp3) is 0. The molecule has 12 rings (SSSR count). The van der Waals surface area contributed by atoms with E-state index >= 15 is 0 Å². The maximum absolute atomic E-state index is 10.1. The molecule has 0 aliphatic carbocycles. The lowest BCUT2D eigenvalue weighted by Crippen LogP contribution is -2.03. The molecule has 3 heteroatoms. The van der Waals surface area contributed by atoms with Crippen molar-refractivity contribution in [1.29, 1.82) is 0 Å². The van der Waals surface area contributed by atoms with Crippen LogP contribution in [0.25, 0.3) is 105 Å². The van der Waals surface area contributed by atoms with Crippen molar-refractivity contribution in [2.24, 2.45) is 0 Å². The lowest BCUT2D eigenvalue weighted by atomic mass is 9.98. The molecule has 3 heterocycles. The molecule has 0 fully saturated rings. The van der Waals surface area contributed by atoms with Gasteiger partial charge in [-0.2, -0.15) is 0 Å². The van der Waals surface area contributed by atoms with Crippen molar-refractivity contribution in [3.63, 3.8) is 0 Å². The van der Waals surface area contributed by atoms with Crippen LogP contribution in [0.1, 0.15) is 43.9 Å². The largest absolute Gasteiger partial charge is 0.307 e. The molecule has 0 aliphatic rings. The number of rotatable bonds is 5. The molecule has 0 saturated heterocycles. The zero-order valence-corrected chi connectivity index (χ0v) is 28.6. The molecule has 0 bridgehead atoms. The van der Waals surface area contributed by atoms with Crippen LogP contribution >= 0.6 is 0 Å². The summed E-state index contributed by atoms with van der Waals surface area (Å²) >= 11 is 0. The molecule has 9 aromatic carbocycles. The number of nitrogens with zero attached hydrogens (tertiary/aromatic N) is 3. The highest BCUT2D eigenvalue weighted by Crippen LogP contribution is 2.43. The Hall–Kier alpha value is -7.62. The second-order valence-electron chi connectivity index (χ2n) is 12.6. The first-order chi connectivity index (χ1) is 41.6. The van der Waals surface area contributed by atoms with Crippen LogP contribution in [-0.2, 0) is 0 Å². The number of hydrogen-bond acceptors (Lipinski definition) is 0. The van der Waals surface area contributed by atoms with Crippen molar-refractivity contribution in [2.45, 2.75) is 0 Å². The Kier molecular flexibility index (Phi) is 2.96. The van der Waals surface area contributed by atoms with Gasteiger partial charge in [-0.05, 0) is 76.7 Å². The first-order valence-electron chi connectivity index (χ1n) is 33.0. The quantitative estimate of drug-likeness (QED) is 0.166. The third kappa shape index (κ3) is 4.73. The van der Waals surface area contributed by atoms with E-state index in [9.17, 15) is 19.2 Å². The Morgan fingerprint density at radius 1 is 0.263 bits per heavy atom. The summed E-state index contributed by atoms with van der Waals surface area (Å²) in [6.07, 6.45) is 0. The van der Waals surface area contributed by atoms with Gasteiger partial charge in [0.2, 0.25) is 0 Å². The van der Waals surface area contributed by atoms with Crippen LogP contribution in [-0.4, -0.2) is 13.7 Å². The molecule has 0 atom stereocenters. The summed E-state index contributed by atoms with van der Waals surface area (Å²) in [5.41, 5.74) is -8.33. The van der Waals surface area contributed by atoms with E-state index in [0.717, 1.165) is 31.9 Å². The predicted octanol–water partition coefficient (Wildman–Crippen LogP) is 14.3. The third-order valence-electron chi connectivity index (χ3n) is 9.62. The lowest BCUT2D eigenvalue weighted by molar-refractivity contribution is 1.11. The average molecular weight is 758 g/mol. The van der Waals surface area contributed by atoms with Gasteiger partial charge in [-0.15, -0.1) is 0 Å². The highest BCUT2D eigenvalue weighted by Gasteiger charge is 2.23. The molecular formula is C54H35N3. The first kappa shape index (κ1) is 13.5. The Balaban J connectivity index is 1.45. The number of benzene rings is 9. The normalized spacial score (nSPS) is 19.7. The summed E-state index contributed by atoms with van der Waals surface area (Å²) in [5.74, 6) is 0. The minimum Gasteiger partial charge on any atom is -0.307 e. The number of para-hydroxylation sites is 6. The fourth-order valence-corrected chi connectivity index (χ4v) is 7.38. The van der Waals surface area contributed by atoms with E-state index in [1.165, 1.54) is 0 Å².